The summed E-state index contributed by atoms with van der Waals surface area (Å²) < 4.78 is 0. The Labute approximate surface area is 77.9 Å². The highest BCUT2D eigenvalue weighted by Crippen LogP contribution is 2.35. The molecule has 0 bridgehead atoms. The number of amides is 1. The summed E-state index contributed by atoms with van der Waals surface area (Å²) in [6, 6.07) is 0. The van der Waals surface area contributed by atoms with Gasteiger partial charge in [0, 0.05) is 19.6 Å². The van der Waals surface area contributed by atoms with E-state index in [-0.39, 0.29) is 5.54 Å². The van der Waals surface area contributed by atoms with Crippen molar-refractivity contribution in [3.8, 4) is 0 Å². The predicted molar refractivity (Wildman–Crippen MR) is 48.8 cm³/mol. The van der Waals surface area contributed by atoms with Gasteiger partial charge in [-0.2, -0.15) is 0 Å². The van der Waals surface area contributed by atoms with Gasteiger partial charge in [0.05, 0.1) is 5.54 Å². The molecule has 13 heavy (non-hydrogen) atoms. The lowest BCUT2D eigenvalue weighted by Gasteiger charge is -2.43. The summed E-state index contributed by atoms with van der Waals surface area (Å²) in [5.74, 6) is 0. The Hall–Kier alpha value is -0.770. The fourth-order valence-electron chi connectivity index (χ4n) is 2.62. The number of nitrogens with one attached hydrogen (secondary N) is 1. The predicted octanol–water partition coefficient (Wildman–Crippen LogP) is 0.882. The van der Waals surface area contributed by atoms with Gasteiger partial charge in [0.25, 0.3) is 0 Å². The van der Waals surface area contributed by atoms with Crippen LogP contribution in [0.4, 0.5) is 4.79 Å². The first-order chi connectivity index (χ1) is 6.25. The topological polar surface area (TPSA) is 52.6 Å². The van der Waals surface area contributed by atoms with Crippen LogP contribution in [0.5, 0.6) is 0 Å². The lowest BCUT2D eigenvalue weighted by Crippen LogP contribution is -2.61. The average molecular weight is 184 g/mol. The molecule has 2 N–H and O–H groups in total. The van der Waals surface area contributed by atoms with Crippen LogP contribution in [0.3, 0.4) is 0 Å². The second kappa shape index (κ2) is 3.18. The van der Waals surface area contributed by atoms with Gasteiger partial charge in [-0.05, 0) is 12.8 Å². The number of carboxylic acid groups (broad SMARTS) is 1. The zero-order chi connectivity index (χ0) is 9.31. The third-order valence-electron chi connectivity index (χ3n) is 3.30. The monoisotopic (exact) mass is 184 g/mol. The van der Waals surface area contributed by atoms with Crippen LogP contribution in [-0.2, 0) is 0 Å². The lowest BCUT2D eigenvalue weighted by molar-refractivity contribution is 0.0600. The first kappa shape index (κ1) is 8.81. The summed E-state index contributed by atoms with van der Waals surface area (Å²) in [4.78, 5) is 12.7. The third-order valence-corrected chi connectivity index (χ3v) is 3.30. The molecule has 1 aliphatic carbocycles. The molecule has 0 unspecified atom stereocenters. The van der Waals surface area contributed by atoms with Gasteiger partial charge in [0.15, 0.2) is 0 Å². The second-order valence-electron chi connectivity index (χ2n) is 4.04. The molecule has 1 amide bonds. The standard InChI is InChI=1S/C9H16N2O2/c12-8(13)11-6-5-10-7-9(11)3-1-2-4-9/h10H,1-7H2,(H,12,13). The highest BCUT2D eigenvalue weighted by molar-refractivity contribution is 5.66. The smallest absolute Gasteiger partial charge is 0.407 e. The maximum absolute atomic E-state index is 11.0. The third kappa shape index (κ3) is 1.39. The molecule has 1 spiro atoms. The Kier molecular flexibility index (Phi) is 2.15. The minimum absolute atomic E-state index is 0.0654. The largest absolute Gasteiger partial charge is 0.465 e. The zero-order valence-corrected chi connectivity index (χ0v) is 7.75. The highest BCUT2D eigenvalue weighted by Gasteiger charge is 2.43. The molecule has 0 radical (unpaired) electrons. The molecule has 0 aromatic rings. The number of hydrogen-bond acceptors (Lipinski definition) is 2. The maximum atomic E-state index is 11.0. The van der Waals surface area contributed by atoms with Crippen molar-refractivity contribution in [2.75, 3.05) is 19.6 Å². The fraction of sp³-hybridized carbons (Fsp3) is 0.889. The van der Waals surface area contributed by atoms with Gasteiger partial charge in [-0.15, -0.1) is 0 Å². The molecule has 0 aromatic heterocycles. The first-order valence-electron chi connectivity index (χ1n) is 4.96. The Morgan fingerprint density at radius 1 is 1.38 bits per heavy atom. The van der Waals surface area contributed by atoms with E-state index in [1.807, 2.05) is 0 Å². The molecule has 0 atom stereocenters. The van der Waals surface area contributed by atoms with Crippen molar-refractivity contribution in [3.05, 3.63) is 0 Å². The van der Waals surface area contributed by atoms with E-state index >= 15 is 0 Å². The van der Waals surface area contributed by atoms with Crippen molar-refractivity contribution in [3.63, 3.8) is 0 Å². The zero-order valence-electron chi connectivity index (χ0n) is 7.75. The summed E-state index contributed by atoms with van der Waals surface area (Å²) >= 11 is 0. The van der Waals surface area contributed by atoms with Gasteiger partial charge < -0.3 is 15.3 Å². The van der Waals surface area contributed by atoms with Crippen LogP contribution in [0.2, 0.25) is 0 Å². The molecular weight excluding hydrogens is 168 g/mol. The molecule has 4 nitrogen and oxygen atoms in total. The number of carbonyl (C=O) groups is 1. The van der Waals surface area contributed by atoms with E-state index in [2.05, 4.69) is 5.32 Å². The molecule has 2 aliphatic rings. The number of rotatable bonds is 0. The van der Waals surface area contributed by atoms with E-state index in [0.29, 0.717) is 6.54 Å². The minimum Gasteiger partial charge on any atom is -0.465 e. The minimum atomic E-state index is -0.747. The summed E-state index contributed by atoms with van der Waals surface area (Å²) in [5, 5.41) is 12.4. The van der Waals surface area contributed by atoms with Gasteiger partial charge in [-0.3, -0.25) is 0 Å². The molecule has 2 rings (SSSR count). The van der Waals surface area contributed by atoms with Gasteiger partial charge in [-0.1, -0.05) is 12.8 Å². The molecular formula is C9H16N2O2. The number of hydrogen-bond donors (Lipinski definition) is 2. The number of piperazine rings is 1. The van der Waals surface area contributed by atoms with Crippen molar-refractivity contribution >= 4 is 6.09 Å². The van der Waals surface area contributed by atoms with Crippen molar-refractivity contribution in [2.24, 2.45) is 0 Å². The van der Waals surface area contributed by atoms with Crippen molar-refractivity contribution in [1.82, 2.24) is 10.2 Å². The van der Waals surface area contributed by atoms with Crippen LogP contribution in [0, 0.1) is 0 Å². The van der Waals surface area contributed by atoms with Gasteiger partial charge in [-0.25, -0.2) is 4.79 Å². The molecule has 1 aliphatic heterocycles. The Morgan fingerprint density at radius 2 is 2.08 bits per heavy atom. The average Bonchev–Trinajstić information content (AvgIpc) is 2.54. The van der Waals surface area contributed by atoms with Gasteiger partial charge in [0.2, 0.25) is 0 Å². The summed E-state index contributed by atoms with van der Waals surface area (Å²) in [6.45, 7) is 2.29. The second-order valence-corrected chi connectivity index (χ2v) is 4.04. The lowest BCUT2D eigenvalue weighted by atomic mass is 9.93. The van der Waals surface area contributed by atoms with Crippen LogP contribution in [-0.4, -0.2) is 41.3 Å². The van der Waals surface area contributed by atoms with Crippen LogP contribution in [0.25, 0.3) is 0 Å². The van der Waals surface area contributed by atoms with E-state index < -0.39 is 6.09 Å². The van der Waals surface area contributed by atoms with Crippen LogP contribution in [0.15, 0.2) is 0 Å². The van der Waals surface area contributed by atoms with E-state index in [0.717, 1.165) is 25.9 Å². The molecule has 1 saturated heterocycles. The van der Waals surface area contributed by atoms with Crippen molar-refractivity contribution in [2.45, 2.75) is 31.2 Å². The van der Waals surface area contributed by atoms with Crippen LogP contribution < -0.4 is 5.32 Å². The Balaban J connectivity index is 2.16. The molecule has 1 saturated carbocycles. The molecule has 74 valence electrons. The van der Waals surface area contributed by atoms with Crippen LogP contribution in [0.1, 0.15) is 25.7 Å². The quantitative estimate of drug-likeness (QED) is 0.587. The highest BCUT2D eigenvalue weighted by atomic mass is 16.4. The maximum Gasteiger partial charge on any atom is 0.407 e. The van der Waals surface area contributed by atoms with Gasteiger partial charge in [0.1, 0.15) is 0 Å². The summed E-state index contributed by atoms with van der Waals surface area (Å²) in [7, 11) is 0. The SMILES string of the molecule is O=C(O)N1CCNCC12CCCC2. The van der Waals surface area contributed by atoms with Crippen molar-refractivity contribution < 1.29 is 9.90 Å². The van der Waals surface area contributed by atoms with Crippen molar-refractivity contribution in [1.29, 1.82) is 0 Å². The van der Waals surface area contributed by atoms with E-state index in [1.165, 1.54) is 12.8 Å². The molecule has 1 heterocycles. The van der Waals surface area contributed by atoms with E-state index in [9.17, 15) is 4.79 Å². The van der Waals surface area contributed by atoms with E-state index in [1.54, 1.807) is 4.90 Å². The summed E-state index contributed by atoms with van der Waals surface area (Å²) in [5.41, 5.74) is -0.0654. The van der Waals surface area contributed by atoms with E-state index in [4.69, 9.17) is 5.11 Å². The molecule has 0 aromatic carbocycles. The molecule has 4 heteroatoms. The Morgan fingerprint density at radius 3 is 2.69 bits per heavy atom. The number of nitrogens with zero attached hydrogens (tertiary/aromatic N) is 1. The molecule has 2 fully saturated rings. The Bertz CT molecular complexity index is 212. The normalized spacial score (nSPS) is 26.6. The summed E-state index contributed by atoms with van der Waals surface area (Å²) in [6.07, 6.45) is 3.67. The fourth-order valence-corrected chi connectivity index (χ4v) is 2.62. The first-order valence-corrected chi connectivity index (χ1v) is 4.96. The van der Waals surface area contributed by atoms with Gasteiger partial charge >= 0.3 is 6.09 Å². The van der Waals surface area contributed by atoms with Crippen LogP contribution >= 0.6 is 0 Å².